The lowest BCUT2D eigenvalue weighted by atomic mass is 10.0. The van der Waals surface area contributed by atoms with Crippen molar-refractivity contribution in [3.8, 4) is 0 Å². The molecule has 1 rings (SSSR count). The quantitative estimate of drug-likeness (QED) is 0.645. The maximum atomic E-state index is 11.9. The van der Waals surface area contributed by atoms with E-state index in [9.17, 15) is 22.8 Å². The molecule has 0 heterocycles. The summed E-state index contributed by atoms with van der Waals surface area (Å²) in [6.07, 6.45) is -1.89. The van der Waals surface area contributed by atoms with Crippen LogP contribution in [0.15, 0.2) is 30.3 Å². The molecule has 0 aromatic heterocycles. The Morgan fingerprint density at radius 1 is 1.22 bits per heavy atom. The third-order valence-corrected chi connectivity index (χ3v) is 2.85. The zero-order valence-corrected chi connectivity index (χ0v) is 12.8. The minimum absolute atomic E-state index is 0.396. The lowest BCUT2D eigenvalue weighted by Gasteiger charge is -2.08. The Hall–Kier alpha value is -2.31. The molecule has 0 bridgehead atoms. The summed E-state index contributed by atoms with van der Waals surface area (Å²) in [4.78, 5) is 22.4. The number of nitrogens with one attached hydrogen (secondary N) is 1. The summed E-state index contributed by atoms with van der Waals surface area (Å²) < 4.78 is 40.2. The van der Waals surface area contributed by atoms with Gasteiger partial charge in [0.15, 0.2) is 6.61 Å². The van der Waals surface area contributed by atoms with E-state index in [0.717, 1.165) is 17.2 Å². The summed E-state index contributed by atoms with van der Waals surface area (Å²) in [5.74, 6) is -1.42. The van der Waals surface area contributed by atoms with Crippen LogP contribution in [0.1, 0.15) is 30.9 Å². The Kier molecular flexibility index (Phi) is 6.81. The van der Waals surface area contributed by atoms with Crippen LogP contribution < -0.4 is 5.32 Å². The van der Waals surface area contributed by atoms with E-state index in [0.29, 0.717) is 5.92 Å². The summed E-state index contributed by atoms with van der Waals surface area (Å²) in [5, 5.41) is 1.60. The van der Waals surface area contributed by atoms with Crippen LogP contribution in [-0.2, 0) is 14.3 Å². The van der Waals surface area contributed by atoms with Crippen LogP contribution in [0.2, 0.25) is 0 Å². The lowest BCUT2D eigenvalue weighted by molar-refractivity contribution is -0.148. The van der Waals surface area contributed by atoms with Gasteiger partial charge in [0.1, 0.15) is 6.54 Å². The number of amides is 1. The highest BCUT2D eigenvalue weighted by Gasteiger charge is 2.27. The highest BCUT2D eigenvalue weighted by molar-refractivity contribution is 5.89. The van der Waals surface area contributed by atoms with Gasteiger partial charge in [-0.3, -0.25) is 4.79 Å². The number of rotatable bonds is 6. The molecule has 0 aliphatic rings. The first-order valence-corrected chi connectivity index (χ1v) is 6.95. The third kappa shape index (κ3) is 8.04. The van der Waals surface area contributed by atoms with Gasteiger partial charge in [-0.15, -0.1) is 0 Å². The van der Waals surface area contributed by atoms with Gasteiger partial charge in [-0.05, 0) is 23.1 Å². The molecule has 0 radical (unpaired) electrons. The van der Waals surface area contributed by atoms with Gasteiger partial charge in [0.25, 0.3) is 5.91 Å². The standard InChI is InChI=1S/C16H18F3NO3/c1-11(2)13-6-3-12(4-7-13)5-8-15(22)23-9-14(21)20-10-16(17,18)19/h3-8,11H,9-10H2,1-2H3,(H,20,21)/b8-5+. The van der Waals surface area contributed by atoms with Crippen molar-refractivity contribution in [1.29, 1.82) is 0 Å². The van der Waals surface area contributed by atoms with Gasteiger partial charge in [-0.1, -0.05) is 38.1 Å². The van der Waals surface area contributed by atoms with E-state index in [1.165, 1.54) is 6.08 Å². The first kappa shape index (κ1) is 18.7. The highest BCUT2D eigenvalue weighted by atomic mass is 19.4. The Labute approximate surface area is 132 Å². The molecule has 0 saturated heterocycles. The number of esters is 1. The highest BCUT2D eigenvalue weighted by Crippen LogP contribution is 2.15. The fraction of sp³-hybridized carbons (Fsp3) is 0.375. The number of carbonyl (C=O) groups is 2. The van der Waals surface area contributed by atoms with Crippen molar-refractivity contribution >= 4 is 18.0 Å². The van der Waals surface area contributed by atoms with Gasteiger partial charge in [-0.25, -0.2) is 4.79 Å². The molecule has 126 valence electrons. The maximum absolute atomic E-state index is 11.9. The van der Waals surface area contributed by atoms with E-state index in [1.807, 2.05) is 24.3 Å². The van der Waals surface area contributed by atoms with E-state index in [2.05, 4.69) is 18.6 Å². The minimum atomic E-state index is -4.50. The SMILES string of the molecule is CC(C)c1ccc(/C=C/C(=O)OCC(=O)NCC(F)(F)F)cc1. The second-order valence-electron chi connectivity index (χ2n) is 5.15. The second-order valence-corrected chi connectivity index (χ2v) is 5.15. The Morgan fingerprint density at radius 3 is 2.35 bits per heavy atom. The molecule has 1 N–H and O–H groups in total. The molecule has 0 aliphatic carbocycles. The number of ether oxygens (including phenoxy) is 1. The zero-order valence-electron chi connectivity index (χ0n) is 12.8. The van der Waals surface area contributed by atoms with Crippen LogP contribution in [0.5, 0.6) is 0 Å². The predicted molar refractivity (Wildman–Crippen MR) is 79.6 cm³/mol. The van der Waals surface area contributed by atoms with Gasteiger partial charge < -0.3 is 10.1 Å². The molecule has 7 heteroatoms. The molecule has 0 atom stereocenters. The largest absolute Gasteiger partial charge is 0.452 e. The Balaban J connectivity index is 2.39. The van der Waals surface area contributed by atoms with Gasteiger partial charge in [0, 0.05) is 6.08 Å². The van der Waals surface area contributed by atoms with Crippen molar-refractivity contribution in [3.05, 3.63) is 41.5 Å². The van der Waals surface area contributed by atoms with Crippen LogP contribution in [0, 0.1) is 0 Å². The van der Waals surface area contributed by atoms with E-state index in [1.54, 1.807) is 5.32 Å². The van der Waals surface area contributed by atoms with Crippen molar-refractivity contribution in [2.75, 3.05) is 13.2 Å². The van der Waals surface area contributed by atoms with Gasteiger partial charge >= 0.3 is 12.1 Å². The fourth-order valence-corrected chi connectivity index (χ4v) is 1.59. The van der Waals surface area contributed by atoms with Crippen molar-refractivity contribution in [2.45, 2.75) is 25.9 Å². The molecule has 1 amide bonds. The molecular formula is C16H18F3NO3. The van der Waals surface area contributed by atoms with Gasteiger partial charge in [-0.2, -0.15) is 13.2 Å². The summed E-state index contributed by atoms with van der Waals surface area (Å²) in [7, 11) is 0. The van der Waals surface area contributed by atoms with Crippen LogP contribution in [-0.4, -0.2) is 31.2 Å². The van der Waals surface area contributed by atoms with Crippen molar-refractivity contribution in [1.82, 2.24) is 5.32 Å². The normalized spacial score (nSPS) is 11.7. The minimum Gasteiger partial charge on any atom is -0.452 e. The van der Waals surface area contributed by atoms with Crippen molar-refractivity contribution in [2.24, 2.45) is 0 Å². The predicted octanol–water partition coefficient (Wildman–Crippen LogP) is 3.04. The molecule has 4 nitrogen and oxygen atoms in total. The van der Waals surface area contributed by atoms with Crippen molar-refractivity contribution in [3.63, 3.8) is 0 Å². The number of hydrogen-bond acceptors (Lipinski definition) is 3. The fourth-order valence-electron chi connectivity index (χ4n) is 1.59. The van der Waals surface area contributed by atoms with Crippen molar-refractivity contribution < 1.29 is 27.5 Å². The molecule has 0 unspecified atom stereocenters. The lowest BCUT2D eigenvalue weighted by Crippen LogP contribution is -2.36. The second kappa shape index (κ2) is 8.36. The van der Waals surface area contributed by atoms with E-state index in [-0.39, 0.29) is 0 Å². The molecule has 1 aromatic carbocycles. The third-order valence-electron chi connectivity index (χ3n) is 2.85. The summed E-state index contributed by atoms with van der Waals surface area (Å²) in [5.41, 5.74) is 1.93. The first-order valence-electron chi connectivity index (χ1n) is 6.95. The van der Waals surface area contributed by atoms with E-state index in [4.69, 9.17) is 0 Å². The average Bonchev–Trinajstić information content (AvgIpc) is 2.48. The molecule has 0 saturated carbocycles. The molecule has 23 heavy (non-hydrogen) atoms. The molecule has 0 fully saturated rings. The van der Waals surface area contributed by atoms with E-state index < -0.39 is 31.2 Å². The molecule has 0 aliphatic heterocycles. The monoisotopic (exact) mass is 329 g/mol. The van der Waals surface area contributed by atoms with E-state index >= 15 is 0 Å². The molecular weight excluding hydrogens is 311 g/mol. The van der Waals surface area contributed by atoms with Gasteiger partial charge in [0.2, 0.25) is 0 Å². The maximum Gasteiger partial charge on any atom is 0.405 e. The molecule has 0 spiro atoms. The zero-order chi connectivity index (χ0) is 17.5. The number of benzene rings is 1. The summed E-state index contributed by atoms with van der Waals surface area (Å²) >= 11 is 0. The van der Waals surface area contributed by atoms with Gasteiger partial charge in [0.05, 0.1) is 0 Å². The Morgan fingerprint density at radius 2 is 1.83 bits per heavy atom. The topological polar surface area (TPSA) is 55.4 Å². The van der Waals surface area contributed by atoms with Crippen LogP contribution >= 0.6 is 0 Å². The number of hydrogen-bond donors (Lipinski definition) is 1. The Bertz CT molecular complexity index is 563. The van der Waals surface area contributed by atoms with Crippen LogP contribution in [0.4, 0.5) is 13.2 Å². The summed E-state index contributed by atoms with van der Waals surface area (Å²) in [6.45, 7) is 1.91. The average molecular weight is 329 g/mol. The summed E-state index contributed by atoms with van der Waals surface area (Å²) in [6, 6.07) is 7.52. The number of carbonyl (C=O) groups excluding carboxylic acids is 2. The smallest absolute Gasteiger partial charge is 0.405 e. The molecule has 1 aromatic rings. The number of halogens is 3. The van der Waals surface area contributed by atoms with Crippen LogP contribution in [0.25, 0.3) is 6.08 Å². The number of alkyl halides is 3. The first-order chi connectivity index (χ1) is 10.7. The van der Waals surface area contributed by atoms with Crippen LogP contribution in [0.3, 0.4) is 0 Å².